The number of nitriles is 1. The lowest BCUT2D eigenvalue weighted by Crippen LogP contribution is -2.02. The zero-order valence-electron chi connectivity index (χ0n) is 9.71. The van der Waals surface area contributed by atoms with Crippen molar-refractivity contribution in [3.63, 3.8) is 0 Å². The van der Waals surface area contributed by atoms with E-state index in [0.29, 0.717) is 12.2 Å². The van der Waals surface area contributed by atoms with E-state index in [-0.39, 0.29) is 6.42 Å². The van der Waals surface area contributed by atoms with Crippen molar-refractivity contribution in [3.05, 3.63) is 59.4 Å². The van der Waals surface area contributed by atoms with Gasteiger partial charge in [-0.25, -0.2) is 0 Å². The topological polar surface area (TPSA) is 66.0 Å². The first-order valence-electron chi connectivity index (χ1n) is 5.54. The van der Waals surface area contributed by atoms with Crippen LogP contribution in [0.1, 0.15) is 16.8 Å². The van der Waals surface area contributed by atoms with Gasteiger partial charge in [-0.2, -0.15) is 5.26 Å². The summed E-state index contributed by atoms with van der Waals surface area (Å²) in [6, 6.07) is 13.1. The normalized spacial score (nSPS) is 9.94. The fourth-order valence-electron chi connectivity index (χ4n) is 1.79. The Balaban J connectivity index is 2.11. The molecule has 0 radical (unpaired) electrons. The summed E-state index contributed by atoms with van der Waals surface area (Å²) in [5, 5.41) is 17.6. The number of carbonyl (C=O) groups is 1. The number of aromatic nitrogens is 1. The number of carboxylic acids is 1. The van der Waals surface area contributed by atoms with E-state index in [9.17, 15) is 4.79 Å². The van der Waals surface area contributed by atoms with Crippen LogP contribution in [-0.2, 0) is 17.8 Å². The highest BCUT2D eigenvalue weighted by Gasteiger charge is 2.02. The highest BCUT2D eigenvalue weighted by atomic mass is 16.4. The van der Waals surface area contributed by atoms with Crippen molar-refractivity contribution >= 4 is 5.97 Å². The molecule has 0 bridgehead atoms. The summed E-state index contributed by atoms with van der Waals surface area (Å²) in [7, 11) is 0. The summed E-state index contributed by atoms with van der Waals surface area (Å²) in [4.78, 5) is 10.6. The maximum absolute atomic E-state index is 10.6. The van der Waals surface area contributed by atoms with E-state index in [1.807, 2.05) is 29.0 Å². The molecule has 0 amide bonds. The molecule has 0 atom stereocenters. The molecule has 0 saturated heterocycles. The second kappa shape index (κ2) is 5.19. The van der Waals surface area contributed by atoms with Crippen LogP contribution in [0.3, 0.4) is 0 Å². The van der Waals surface area contributed by atoms with Crippen molar-refractivity contribution in [2.24, 2.45) is 0 Å². The first kappa shape index (κ1) is 11.9. The third kappa shape index (κ3) is 2.77. The Morgan fingerprint density at radius 3 is 2.50 bits per heavy atom. The average molecular weight is 240 g/mol. The maximum Gasteiger partial charge on any atom is 0.307 e. The van der Waals surface area contributed by atoms with Gasteiger partial charge >= 0.3 is 5.97 Å². The Bertz CT molecular complexity index is 591. The standard InChI is InChI=1S/C14H12N2O2/c15-9-13-2-1-7-16(13)10-12-5-3-11(4-6-12)8-14(17)18/h1-7H,8,10H2,(H,17,18). The van der Waals surface area contributed by atoms with Crippen LogP contribution in [0.15, 0.2) is 42.6 Å². The summed E-state index contributed by atoms with van der Waals surface area (Å²) in [5.41, 5.74) is 2.43. The minimum atomic E-state index is -0.833. The molecule has 1 aromatic heterocycles. The van der Waals surface area contributed by atoms with E-state index < -0.39 is 5.97 Å². The van der Waals surface area contributed by atoms with E-state index in [4.69, 9.17) is 10.4 Å². The number of carboxylic acid groups (broad SMARTS) is 1. The van der Waals surface area contributed by atoms with Gasteiger partial charge in [0.05, 0.1) is 6.42 Å². The summed E-state index contributed by atoms with van der Waals surface area (Å²) >= 11 is 0. The minimum Gasteiger partial charge on any atom is -0.481 e. The lowest BCUT2D eigenvalue weighted by molar-refractivity contribution is -0.136. The summed E-state index contributed by atoms with van der Waals surface area (Å²) in [5.74, 6) is -0.833. The maximum atomic E-state index is 10.6. The molecule has 4 heteroatoms. The van der Waals surface area contributed by atoms with Crippen LogP contribution in [0, 0.1) is 11.3 Å². The SMILES string of the molecule is N#Cc1cccn1Cc1ccc(CC(=O)O)cc1. The molecule has 90 valence electrons. The van der Waals surface area contributed by atoms with Crippen LogP contribution in [0.2, 0.25) is 0 Å². The van der Waals surface area contributed by atoms with Crippen LogP contribution in [-0.4, -0.2) is 15.6 Å². The van der Waals surface area contributed by atoms with Gasteiger partial charge in [0.15, 0.2) is 0 Å². The number of aliphatic carboxylic acids is 1. The molecular formula is C14H12N2O2. The Hall–Kier alpha value is -2.54. The smallest absolute Gasteiger partial charge is 0.307 e. The van der Waals surface area contributed by atoms with E-state index >= 15 is 0 Å². The molecule has 0 fully saturated rings. The predicted molar refractivity (Wildman–Crippen MR) is 66.0 cm³/mol. The number of hydrogen-bond donors (Lipinski definition) is 1. The molecule has 0 aliphatic heterocycles. The van der Waals surface area contributed by atoms with Crippen LogP contribution in [0.25, 0.3) is 0 Å². The van der Waals surface area contributed by atoms with Gasteiger partial charge in [-0.1, -0.05) is 24.3 Å². The predicted octanol–water partition coefficient (Wildman–Crippen LogP) is 2.04. The third-order valence-electron chi connectivity index (χ3n) is 2.68. The molecule has 0 saturated carbocycles. The first-order chi connectivity index (χ1) is 8.69. The molecule has 0 unspecified atom stereocenters. The molecule has 1 N–H and O–H groups in total. The molecule has 2 rings (SSSR count). The van der Waals surface area contributed by atoms with Crippen LogP contribution in [0.5, 0.6) is 0 Å². The fraction of sp³-hybridized carbons (Fsp3) is 0.143. The lowest BCUT2D eigenvalue weighted by atomic mass is 10.1. The number of nitrogens with zero attached hydrogens (tertiary/aromatic N) is 2. The Kier molecular flexibility index (Phi) is 3.44. The van der Waals surface area contributed by atoms with E-state index in [1.54, 1.807) is 18.2 Å². The molecule has 4 nitrogen and oxygen atoms in total. The number of hydrogen-bond acceptors (Lipinski definition) is 2. The van der Waals surface area contributed by atoms with Crippen molar-refractivity contribution in [1.29, 1.82) is 5.26 Å². The van der Waals surface area contributed by atoms with Crippen LogP contribution in [0.4, 0.5) is 0 Å². The van der Waals surface area contributed by atoms with Crippen molar-refractivity contribution in [2.45, 2.75) is 13.0 Å². The monoisotopic (exact) mass is 240 g/mol. The fourth-order valence-corrected chi connectivity index (χ4v) is 1.79. The zero-order chi connectivity index (χ0) is 13.0. The molecular weight excluding hydrogens is 228 g/mol. The van der Waals surface area contributed by atoms with Crippen molar-refractivity contribution < 1.29 is 9.90 Å². The first-order valence-corrected chi connectivity index (χ1v) is 5.54. The van der Waals surface area contributed by atoms with Crippen molar-refractivity contribution in [3.8, 4) is 6.07 Å². The average Bonchev–Trinajstić information content (AvgIpc) is 2.78. The van der Waals surface area contributed by atoms with Gasteiger partial charge in [-0.15, -0.1) is 0 Å². The second-order valence-electron chi connectivity index (χ2n) is 4.02. The van der Waals surface area contributed by atoms with E-state index in [0.717, 1.165) is 11.1 Å². The molecule has 18 heavy (non-hydrogen) atoms. The largest absolute Gasteiger partial charge is 0.481 e. The van der Waals surface area contributed by atoms with Gasteiger partial charge in [0.25, 0.3) is 0 Å². The Labute approximate surface area is 105 Å². The van der Waals surface area contributed by atoms with E-state index in [1.165, 1.54) is 0 Å². The molecule has 1 aromatic carbocycles. The molecule has 1 heterocycles. The summed E-state index contributed by atoms with van der Waals surface area (Å²) in [6.07, 6.45) is 1.89. The van der Waals surface area contributed by atoms with Gasteiger partial charge in [-0.05, 0) is 23.3 Å². The third-order valence-corrected chi connectivity index (χ3v) is 2.68. The highest BCUT2D eigenvalue weighted by Crippen LogP contribution is 2.09. The molecule has 0 aliphatic carbocycles. The number of rotatable bonds is 4. The second-order valence-corrected chi connectivity index (χ2v) is 4.02. The van der Waals surface area contributed by atoms with Crippen LogP contribution >= 0.6 is 0 Å². The summed E-state index contributed by atoms with van der Waals surface area (Å²) < 4.78 is 1.85. The van der Waals surface area contributed by atoms with Gasteiger partial charge in [0, 0.05) is 12.7 Å². The highest BCUT2D eigenvalue weighted by molar-refractivity contribution is 5.70. The molecule has 0 spiro atoms. The quantitative estimate of drug-likeness (QED) is 0.889. The van der Waals surface area contributed by atoms with Crippen LogP contribution < -0.4 is 0 Å². The Morgan fingerprint density at radius 2 is 1.89 bits per heavy atom. The minimum absolute atomic E-state index is 0.0350. The van der Waals surface area contributed by atoms with Gasteiger partial charge < -0.3 is 9.67 Å². The summed E-state index contributed by atoms with van der Waals surface area (Å²) in [6.45, 7) is 0.614. The number of benzene rings is 1. The van der Waals surface area contributed by atoms with Gasteiger partial charge in [0.1, 0.15) is 11.8 Å². The van der Waals surface area contributed by atoms with E-state index in [2.05, 4.69) is 6.07 Å². The van der Waals surface area contributed by atoms with Crippen molar-refractivity contribution in [2.75, 3.05) is 0 Å². The van der Waals surface area contributed by atoms with Gasteiger partial charge in [0.2, 0.25) is 0 Å². The van der Waals surface area contributed by atoms with Gasteiger partial charge in [-0.3, -0.25) is 4.79 Å². The molecule has 0 aliphatic rings. The lowest BCUT2D eigenvalue weighted by Gasteiger charge is -2.05. The van der Waals surface area contributed by atoms with Crippen molar-refractivity contribution in [1.82, 2.24) is 4.57 Å². The molecule has 2 aromatic rings. The zero-order valence-corrected chi connectivity index (χ0v) is 9.71. The Morgan fingerprint density at radius 1 is 1.22 bits per heavy atom.